The topological polar surface area (TPSA) is 107 Å². The third-order valence-corrected chi connectivity index (χ3v) is 2.59. The van der Waals surface area contributed by atoms with Crippen LogP contribution in [0.5, 0.6) is 11.8 Å². The van der Waals surface area contributed by atoms with Gasteiger partial charge in [-0.2, -0.15) is 0 Å². The molecule has 8 heteroatoms. The highest BCUT2D eigenvalue weighted by Gasteiger charge is 2.56. The number of nitrogens with zero attached hydrogens (tertiary/aromatic N) is 1. The molecule has 2 N–H and O–H groups in total. The Kier molecular flexibility index (Phi) is 3.24. The number of rotatable bonds is 4. The molecule has 0 spiro atoms. The zero-order valence-electron chi connectivity index (χ0n) is 10.2. The van der Waals surface area contributed by atoms with Crippen LogP contribution in [0.1, 0.15) is 19.8 Å². The van der Waals surface area contributed by atoms with E-state index in [1.165, 1.54) is 0 Å². The van der Waals surface area contributed by atoms with Crippen molar-refractivity contribution in [2.45, 2.75) is 25.4 Å². The van der Waals surface area contributed by atoms with Gasteiger partial charge in [0.1, 0.15) is 0 Å². The van der Waals surface area contributed by atoms with Crippen LogP contribution in [0.25, 0.3) is 0 Å². The molecule has 1 fully saturated rings. The molecule has 1 saturated carbocycles. The van der Waals surface area contributed by atoms with Crippen LogP contribution in [0.4, 0.5) is 4.79 Å². The SMILES string of the molecule is CCOC(=O)C1(OC(=O)On2c(O)ccc2O)CC1. The van der Waals surface area contributed by atoms with Crippen molar-refractivity contribution in [1.82, 2.24) is 4.73 Å². The predicted molar refractivity (Wildman–Crippen MR) is 59.4 cm³/mol. The van der Waals surface area contributed by atoms with E-state index >= 15 is 0 Å². The van der Waals surface area contributed by atoms with E-state index in [0.29, 0.717) is 17.6 Å². The molecule has 0 atom stereocenters. The lowest BCUT2D eigenvalue weighted by Crippen LogP contribution is -2.34. The molecule has 0 aromatic carbocycles. The van der Waals surface area contributed by atoms with Gasteiger partial charge in [-0.3, -0.25) is 4.84 Å². The van der Waals surface area contributed by atoms with Crippen LogP contribution in [0.2, 0.25) is 0 Å². The van der Waals surface area contributed by atoms with E-state index in [-0.39, 0.29) is 6.61 Å². The average Bonchev–Trinajstić information content (AvgIpc) is 3.07. The fourth-order valence-electron chi connectivity index (χ4n) is 1.47. The molecule has 0 saturated heterocycles. The van der Waals surface area contributed by atoms with Gasteiger partial charge < -0.3 is 19.7 Å². The summed E-state index contributed by atoms with van der Waals surface area (Å²) in [5.41, 5.74) is -1.30. The van der Waals surface area contributed by atoms with Crippen LogP contribution in [0.15, 0.2) is 12.1 Å². The second kappa shape index (κ2) is 4.71. The van der Waals surface area contributed by atoms with Crippen LogP contribution in [0.3, 0.4) is 0 Å². The van der Waals surface area contributed by atoms with E-state index in [1.807, 2.05) is 0 Å². The summed E-state index contributed by atoms with van der Waals surface area (Å²) in [6.07, 6.45) is -0.512. The Morgan fingerprint density at radius 3 is 2.37 bits per heavy atom. The quantitative estimate of drug-likeness (QED) is 0.770. The van der Waals surface area contributed by atoms with Crippen molar-refractivity contribution in [3.63, 3.8) is 0 Å². The molecular formula is C11H13NO7. The molecule has 8 nitrogen and oxygen atoms in total. The second-order valence-electron chi connectivity index (χ2n) is 4.00. The van der Waals surface area contributed by atoms with E-state index in [2.05, 4.69) is 4.84 Å². The van der Waals surface area contributed by atoms with Gasteiger partial charge in [-0.1, -0.05) is 0 Å². The first-order valence-electron chi connectivity index (χ1n) is 5.67. The van der Waals surface area contributed by atoms with Crippen LogP contribution >= 0.6 is 0 Å². The summed E-state index contributed by atoms with van der Waals surface area (Å²) in [4.78, 5) is 27.6. The number of carbonyl (C=O) groups excluding carboxylic acids is 2. The minimum atomic E-state index is -1.30. The Labute approximate surface area is 108 Å². The zero-order chi connectivity index (χ0) is 14.0. The third-order valence-electron chi connectivity index (χ3n) is 2.59. The van der Waals surface area contributed by atoms with Gasteiger partial charge in [0.05, 0.1) is 6.61 Å². The second-order valence-corrected chi connectivity index (χ2v) is 4.00. The summed E-state index contributed by atoms with van der Waals surface area (Å²) in [5.74, 6) is -1.58. The molecular weight excluding hydrogens is 258 g/mol. The molecule has 0 aliphatic heterocycles. The normalized spacial score (nSPS) is 15.6. The zero-order valence-corrected chi connectivity index (χ0v) is 10.2. The van der Waals surface area contributed by atoms with Crippen LogP contribution in [-0.2, 0) is 14.3 Å². The van der Waals surface area contributed by atoms with Gasteiger partial charge in [-0.05, 0) is 6.92 Å². The summed E-state index contributed by atoms with van der Waals surface area (Å²) in [6.45, 7) is 1.82. The maximum Gasteiger partial charge on any atom is 0.535 e. The maximum atomic E-state index is 11.5. The largest absolute Gasteiger partial charge is 0.535 e. The van der Waals surface area contributed by atoms with Gasteiger partial charge in [0.2, 0.25) is 17.4 Å². The van der Waals surface area contributed by atoms with Gasteiger partial charge >= 0.3 is 12.1 Å². The van der Waals surface area contributed by atoms with Crippen LogP contribution in [0, 0.1) is 0 Å². The number of carbonyl (C=O) groups is 2. The van der Waals surface area contributed by atoms with E-state index < -0.39 is 29.5 Å². The Morgan fingerprint density at radius 2 is 1.89 bits per heavy atom. The predicted octanol–water partition coefficient (Wildman–Crippen LogP) is 0.560. The van der Waals surface area contributed by atoms with Crippen molar-refractivity contribution in [2.75, 3.05) is 6.61 Å². The number of ether oxygens (including phenoxy) is 2. The highest BCUT2D eigenvalue weighted by Crippen LogP contribution is 2.41. The van der Waals surface area contributed by atoms with Crippen molar-refractivity contribution >= 4 is 12.1 Å². The first-order valence-corrected chi connectivity index (χ1v) is 5.67. The van der Waals surface area contributed by atoms with E-state index in [9.17, 15) is 19.8 Å². The van der Waals surface area contributed by atoms with Gasteiger partial charge in [0.15, 0.2) is 0 Å². The number of hydrogen-bond donors (Lipinski definition) is 2. The smallest absolute Gasteiger partial charge is 0.492 e. The summed E-state index contributed by atoms with van der Waals surface area (Å²) in [5, 5.41) is 18.5. The van der Waals surface area contributed by atoms with Crippen molar-refractivity contribution < 1.29 is 34.1 Å². The Balaban J connectivity index is 1.97. The molecule has 1 aromatic heterocycles. The molecule has 1 aliphatic rings. The van der Waals surface area contributed by atoms with Crippen LogP contribution < -0.4 is 4.84 Å². The lowest BCUT2D eigenvalue weighted by atomic mass is 10.3. The van der Waals surface area contributed by atoms with E-state index in [4.69, 9.17) is 9.47 Å². The van der Waals surface area contributed by atoms with Crippen molar-refractivity contribution in [1.29, 1.82) is 0 Å². The summed E-state index contributed by atoms with van der Waals surface area (Å²) in [7, 11) is 0. The summed E-state index contributed by atoms with van der Waals surface area (Å²) < 4.78 is 10.1. The fourth-order valence-corrected chi connectivity index (χ4v) is 1.47. The van der Waals surface area contributed by atoms with Crippen molar-refractivity contribution in [3.8, 4) is 11.8 Å². The number of aromatic hydroxyl groups is 2. The lowest BCUT2D eigenvalue weighted by molar-refractivity contribution is -0.157. The van der Waals surface area contributed by atoms with Gasteiger partial charge in [-0.25, -0.2) is 9.59 Å². The van der Waals surface area contributed by atoms with Gasteiger partial charge in [0, 0.05) is 25.0 Å². The molecule has 19 heavy (non-hydrogen) atoms. The highest BCUT2D eigenvalue weighted by atomic mass is 16.8. The highest BCUT2D eigenvalue weighted by molar-refractivity contribution is 5.85. The molecule has 0 unspecified atom stereocenters. The maximum absolute atomic E-state index is 11.5. The Morgan fingerprint density at radius 1 is 1.32 bits per heavy atom. The minimum Gasteiger partial charge on any atom is -0.492 e. The first-order chi connectivity index (χ1) is 8.98. The monoisotopic (exact) mass is 271 g/mol. The molecule has 0 bridgehead atoms. The number of esters is 1. The van der Waals surface area contributed by atoms with Crippen LogP contribution in [-0.4, -0.2) is 39.3 Å². The lowest BCUT2D eigenvalue weighted by Gasteiger charge is -2.14. The van der Waals surface area contributed by atoms with E-state index in [0.717, 1.165) is 12.1 Å². The summed E-state index contributed by atoms with van der Waals surface area (Å²) >= 11 is 0. The molecule has 104 valence electrons. The Bertz CT molecular complexity index is 484. The fraction of sp³-hybridized carbons (Fsp3) is 0.455. The Hall–Kier alpha value is -2.38. The molecule has 0 amide bonds. The standard InChI is InChI=1S/C11H13NO7/c1-2-17-9(15)11(5-6-11)18-10(16)19-12-7(13)3-4-8(12)14/h3-4,13-14H,2,5-6H2,1H3. The third kappa shape index (κ3) is 2.56. The molecule has 1 aromatic rings. The van der Waals surface area contributed by atoms with Crippen molar-refractivity contribution in [2.24, 2.45) is 0 Å². The number of aromatic nitrogens is 1. The molecule has 1 heterocycles. The molecule has 0 radical (unpaired) electrons. The molecule has 2 rings (SSSR count). The van der Waals surface area contributed by atoms with Gasteiger partial charge in [-0.15, -0.1) is 4.73 Å². The minimum absolute atomic E-state index is 0.179. The number of hydrogen-bond acceptors (Lipinski definition) is 7. The average molecular weight is 271 g/mol. The van der Waals surface area contributed by atoms with E-state index in [1.54, 1.807) is 6.92 Å². The van der Waals surface area contributed by atoms with Crippen molar-refractivity contribution in [3.05, 3.63) is 12.1 Å². The first kappa shape index (κ1) is 13.1. The summed E-state index contributed by atoms with van der Waals surface area (Å²) in [6, 6.07) is 2.25. The molecule has 1 aliphatic carbocycles. The van der Waals surface area contributed by atoms with Gasteiger partial charge in [0.25, 0.3) is 0 Å².